The summed E-state index contributed by atoms with van der Waals surface area (Å²) in [5.41, 5.74) is -0.153. The van der Waals surface area contributed by atoms with E-state index in [1.54, 1.807) is 11.1 Å². The highest BCUT2D eigenvalue weighted by Gasteiger charge is 2.31. The van der Waals surface area contributed by atoms with Crippen molar-refractivity contribution in [3.63, 3.8) is 0 Å². The van der Waals surface area contributed by atoms with Gasteiger partial charge in [-0.15, -0.1) is 0 Å². The summed E-state index contributed by atoms with van der Waals surface area (Å²) in [5, 5.41) is 6.04. The summed E-state index contributed by atoms with van der Waals surface area (Å²) in [4.78, 5) is 2.05. The van der Waals surface area contributed by atoms with E-state index in [2.05, 4.69) is 12.0 Å². The molecule has 1 aromatic rings. The minimum Gasteiger partial charge on any atom is -0.362 e. The van der Waals surface area contributed by atoms with Gasteiger partial charge in [-0.3, -0.25) is 5.01 Å². The zero-order valence-electron chi connectivity index (χ0n) is 11.6. The van der Waals surface area contributed by atoms with Gasteiger partial charge in [0.2, 0.25) is 0 Å². The first-order valence-electron chi connectivity index (χ1n) is 6.65. The van der Waals surface area contributed by atoms with Gasteiger partial charge < -0.3 is 4.90 Å². The Morgan fingerprint density at radius 3 is 2.75 bits per heavy atom. The Kier molecular flexibility index (Phi) is 4.20. The van der Waals surface area contributed by atoms with E-state index in [0.29, 0.717) is 12.2 Å². The Morgan fingerprint density at radius 1 is 1.35 bits per heavy atom. The van der Waals surface area contributed by atoms with Crippen LogP contribution in [0.1, 0.15) is 25.3 Å². The molecule has 6 heteroatoms. The quantitative estimate of drug-likeness (QED) is 0.845. The molecular formula is C14H18F3N3. The van der Waals surface area contributed by atoms with Crippen molar-refractivity contribution in [2.45, 2.75) is 25.9 Å². The average molecular weight is 285 g/mol. The average Bonchev–Trinajstić information content (AvgIpc) is 2.88. The van der Waals surface area contributed by atoms with Gasteiger partial charge >= 0.3 is 6.18 Å². The van der Waals surface area contributed by atoms with E-state index in [1.807, 2.05) is 11.9 Å². The molecule has 0 unspecified atom stereocenters. The molecule has 1 aliphatic rings. The van der Waals surface area contributed by atoms with Crippen LogP contribution in [0.5, 0.6) is 0 Å². The van der Waals surface area contributed by atoms with Crippen molar-refractivity contribution in [2.24, 2.45) is 5.10 Å². The monoisotopic (exact) mass is 285 g/mol. The Balaban J connectivity index is 2.17. The van der Waals surface area contributed by atoms with Gasteiger partial charge in [0.1, 0.15) is 5.84 Å². The van der Waals surface area contributed by atoms with Crippen LogP contribution < -0.4 is 5.01 Å². The van der Waals surface area contributed by atoms with Crippen molar-refractivity contribution < 1.29 is 13.2 Å². The third kappa shape index (κ3) is 3.23. The van der Waals surface area contributed by atoms with Crippen molar-refractivity contribution in [1.82, 2.24) is 4.90 Å². The summed E-state index contributed by atoms with van der Waals surface area (Å²) in [5.74, 6) is 0.921. The van der Waals surface area contributed by atoms with Crippen molar-refractivity contribution in [3.8, 4) is 0 Å². The van der Waals surface area contributed by atoms with Crippen molar-refractivity contribution in [2.75, 3.05) is 25.1 Å². The number of nitrogens with zero attached hydrogens (tertiary/aromatic N) is 3. The summed E-state index contributed by atoms with van der Waals surface area (Å²) in [6.45, 7) is 3.59. The number of hydrogen-bond acceptors (Lipinski definition) is 3. The highest BCUT2D eigenvalue weighted by Crippen LogP contribution is 2.32. The van der Waals surface area contributed by atoms with Crippen LogP contribution in [0.4, 0.5) is 18.9 Å². The molecule has 0 N–H and O–H groups in total. The zero-order valence-corrected chi connectivity index (χ0v) is 11.6. The van der Waals surface area contributed by atoms with E-state index < -0.39 is 11.7 Å². The number of amidine groups is 1. The molecule has 0 spiro atoms. The van der Waals surface area contributed by atoms with Crippen LogP contribution in [0.25, 0.3) is 0 Å². The van der Waals surface area contributed by atoms with Gasteiger partial charge in [0, 0.05) is 26.6 Å². The number of hydrogen-bond donors (Lipinski definition) is 0. The fourth-order valence-electron chi connectivity index (χ4n) is 2.21. The number of benzene rings is 1. The predicted octanol–water partition coefficient (Wildman–Crippen LogP) is 3.57. The lowest BCUT2D eigenvalue weighted by Crippen LogP contribution is -2.25. The summed E-state index contributed by atoms with van der Waals surface area (Å²) in [6, 6.07) is 5.29. The fraction of sp³-hybridized carbons (Fsp3) is 0.500. The Hall–Kier alpha value is -1.72. The molecule has 1 heterocycles. The van der Waals surface area contributed by atoms with Crippen LogP contribution >= 0.6 is 0 Å². The van der Waals surface area contributed by atoms with Crippen molar-refractivity contribution in [3.05, 3.63) is 29.8 Å². The highest BCUT2D eigenvalue weighted by atomic mass is 19.4. The minimum atomic E-state index is -4.32. The molecule has 2 rings (SSSR count). The van der Waals surface area contributed by atoms with E-state index >= 15 is 0 Å². The number of halogens is 3. The lowest BCUT2D eigenvalue weighted by atomic mass is 10.2. The molecule has 0 saturated carbocycles. The van der Waals surface area contributed by atoms with Crippen LogP contribution in [0.3, 0.4) is 0 Å². The molecular weight excluding hydrogens is 267 g/mol. The van der Waals surface area contributed by atoms with Crippen LogP contribution in [-0.2, 0) is 6.18 Å². The second kappa shape index (κ2) is 5.73. The third-order valence-corrected chi connectivity index (χ3v) is 3.25. The molecule has 0 fully saturated rings. The molecule has 1 aromatic carbocycles. The minimum absolute atomic E-state index is 0.486. The second-order valence-corrected chi connectivity index (χ2v) is 4.86. The summed E-state index contributed by atoms with van der Waals surface area (Å²) in [7, 11) is 1.96. The number of alkyl halides is 3. The van der Waals surface area contributed by atoms with Gasteiger partial charge in [-0.25, -0.2) is 0 Å². The molecule has 3 nitrogen and oxygen atoms in total. The molecule has 20 heavy (non-hydrogen) atoms. The van der Waals surface area contributed by atoms with E-state index in [4.69, 9.17) is 0 Å². The Morgan fingerprint density at radius 2 is 2.10 bits per heavy atom. The van der Waals surface area contributed by atoms with Gasteiger partial charge in [0.25, 0.3) is 0 Å². The van der Waals surface area contributed by atoms with Gasteiger partial charge in [-0.2, -0.15) is 18.3 Å². The molecule has 0 aromatic heterocycles. The smallest absolute Gasteiger partial charge is 0.362 e. The number of anilines is 1. The summed E-state index contributed by atoms with van der Waals surface area (Å²) in [6.07, 6.45) is -2.55. The SMILES string of the molecule is CCCN(C)C1=NN(c2cccc(C(F)(F)F)c2)CC1. The van der Waals surface area contributed by atoms with Crippen LogP contribution in [0, 0.1) is 0 Å². The first kappa shape index (κ1) is 14.7. The van der Waals surface area contributed by atoms with Gasteiger partial charge in [-0.1, -0.05) is 13.0 Å². The zero-order chi connectivity index (χ0) is 14.8. The molecule has 0 amide bonds. The van der Waals surface area contributed by atoms with E-state index in [-0.39, 0.29) is 0 Å². The maximum absolute atomic E-state index is 12.7. The van der Waals surface area contributed by atoms with Crippen LogP contribution in [-0.4, -0.2) is 30.9 Å². The second-order valence-electron chi connectivity index (χ2n) is 4.86. The topological polar surface area (TPSA) is 18.8 Å². The maximum Gasteiger partial charge on any atom is 0.416 e. The fourth-order valence-corrected chi connectivity index (χ4v) is 2.21. The standard InChI is InChI=1S/C14H18F3N3/c1-3-8-19(2)13-7-9-20(18-13)12-6-4-5-11(10-12)14(15,16)17/h4-6,10H,3,7-9H2,1-2H3. The van der Waals surface area contributed by atoms with Crippen molar-refractivity contribution >= 4 is 11.5 Å². The molecule has 0 aliphatic carbocycles. The lowest BCUT2D eigenvalue weighted by Gasteiger charge is -2.17. The van der Waals surface area contributed by atoms with E-state index in [9.17, 15) is 13.2 Å². The molecule has 0 radical (unpaired) electrons. The van der Waals surface area contributed by atoms with E-state index in [0.717, 1.165) is 37.4 Å². The molecule has 110 valence electrons. The Labute approximate surface area is 116 Å². The maximum atomic E-state index is 12.7. The molecule has 0 atom stereocenters. The van der Waals surface area contributed by atoms with Crippen molar-refractivity contribution in [1.29, 1.82) is 0 Å². The summed E-state index contributed by atoms with van der Waals surface area (Å²) >= 11 is 0. The van der Waals surface area contributed by atoms with Gasteiger partial charge in [0.05, 0.1) is 11.3 Å². The Bertz CT molecular complexity index is 497. The normalized spacial score (nSPS) is 15.4. The predicted molar refractivity (Wildman–Crippen MR) is 73.8 cm³/mol. The highest BCUT2D eigenvalue weighted by molar-refractivity contribution is 5.85. The molecule has 0 bridgehead atoms. The van der Waals surface area contributed by atoms with Gasteiger partial charge in [-0.05, 0) is 24.6 Å². The first-order chi connectivity index (χ1) is 9.41. The van der Waals surface area contributed by atoms with Crippen LogP contribution in [0.2, 0.25) is 0 Å². The summed E-state index contributed by atoms with van der Waals surface area (Å²) < 4.78 is 38.1. The first-order valence-corrected chi connectivity index (χ1v) is 6.65. The van der Waals surface area contributed by atoms with Gasteiger partial charge in [0.15, 0.2) is 0 Å². The molecule has 0 saturated heterocycles. The molecule has 1 aliphatic heterocycles. The van der Waals surface area contributed by atoms with Crippen LogP contribution in [0.15, 0.2) is 29.4 Å². The largest absolute Gasteiger partial charge is 0.416 e. The number of rotatable bonds is 3. The van der Waals surface area contributed by atoms with E-state index in [1.165, 1.54) is 6.07 Å². The lowest BCUT2D eigenvalue weighted by molar-refractivity contribution is -0.137. The number of hydrazone groups is 1. The third-order valence-electron chi connectivity index (χ3n) is 3.25.